The van der Waals surface area contributed by atoms with Crippen LogP contribution in [-0.4, -0.2) is 46.8 Å². The lowest BCUT2D eigenvalue weighted by molar-refractivity contribution is 0.289. The Kier molecular flexibility index (Phi) is 7.70. The molecule has 2 aromatic carbocycles. The molecule has 192 valence electrons. The van der Waals surface area contributed by atoms with Crippen molar-refractivity contribution in [3.63, 3.8) is 0 Å². The molecule has 0 radical (unpaired) electrons. The van der Waals surface area contributed by atoms with Crippen molar-refractivity contribution in [3.8, 4) is 0 Å². The molecule has 5 rings (SSSR count). The van der Waals surface area contributed by atoms with Crippen LogP contribution in [-0.2, 0) is 16.6 Å². The summed E-state index contributed by atoms with van der Waals surface area (Å²) in [5.74, 6) is 0.564. The van der Waals surface area contributed by atoms with Crippen LogP contribution in [0.25, 0.3) is 0 Å². The number of halogens is 1. The van der Waals surface area contributed by atoms with Crippen LogP contribution in [0.3, 0.4) is 0 Å². The summed E-state index contributed by atoms with van der Waals surface area (Å²) in [4.78, 5) is 14.1. The van der Waals surface area contributed by atoms with E-state index in [1.54, 1.807) is 64.3 Å². The van der Waals surface area contributed by atoms with E-state index in [1.807, 2.05) is 11.7 Å². The number of piperidine rings is 1. The average Bonchev–Trinajstić information content (AvgIpc) is 3.44. The fraction of sp³-hybridized carbons (Fsp3) is 0.240. The Morgan fingerprint density at radius 1 is 0.973 bits per heavy atom. The zero-order valence-electron chi connectivity index (χ0n) is 19.8. The SMILES string of the molecule is O=S(=O)(c1ccc(Nc2nccc(Nc3ccc(F)cc3)n2)cc1)N1CCC(NCc2cncs2)CC1. The fourth-order valence-electron chi connectivity index (χ4n) is 4.03. The summed E-state index contributed by atoms with van der Waals surface area (Å²) in [6.07, 6.45) is 4.97. The summed E-state index contributed by atoms with van der Waals surface area (Å²) >= 11 is 1.61. The van der Waals surface area contributed by atoms with Crippen molar-refractivity contribution in [2.75, 3.05) is 23.7 Å². The van der Waals surface area contributed by atoms with Crippen LogP contribution in [0.1, 0.15) is 17.7 Å². The number of nitrogens with zero attached hydrogens (tertiary/aromatic N) is 4. The highest BCUT2D eigenvalue weighted by atomic mass is 32.2. The van der Waals surface area contributed by atoms with E-state index < -0.39 is 10.0 Å². The molecule has 1 aliphatic rings. The van der Waals surface area contributed by atoms with Gasteiger partial charge in [0.2, 0.25) is 16.0 Å². The molecule has 2 aromatic heterocycles. The van der Waals surface area contributed by atoms with Gasteiger partial charge in [-0.2, -0.15) is 9.29 Å². The Morgan fingerprint density at radius 3 is 2.38 bits per heavy atom. The smallest absolute Gasteiger partial charge is 0.243 e. The molecule has 0 spiro atoms. The molecule has 0 atom stereocenters. The zero-order chi connectivity index (χ0) is 25.7. The van der Waals surface area contributed by atoms with Crippen molar-refractivity contribution in [3.05, 3.63) is 83.2 Å². The van der Waals surface area contributed by atoms with E-state index in [1.165, 1.54) is 17.0 Å². The maximum Gasteiger partial charge on any atom is 0.243 e. The molecular weight excluding hydrogens is 513 g/mol. The second kappa shape index (κ2) is 11.3. The molecule has 4 aromatic rings. The summed E-state index contributed by atoms with van der Waals surface area (Å²) in [6, 6.07) is 14.5. The zero-order valence-corrected chi connectivity index (χ0v) is 21.5. The number of rotatable bonds is 9. The van der Waals surface area contributed by atoms with E-state index in [4.69, 9.17) is 0 Å². The van der Waals surface area contributed by atoms with E-state index >= 15 is 0 Å². The van der Waals surface area contributed by atoms with Crippen molar-refractivity contribution in [1.29, 1.82) is 0 Å². The molecule has 0 amide bonds. The second-order valence-corrected chi connectivity index (χ2v) is 11.5. The summed E-state index contributed by atoms with van der Waals surface area (Å²) in [5, 5.41) is 9.67. The van der Waals surface area contributed by atoms with Crippen LogP contribution in [0.2, 0.25) is 0 Å². The van der Waals surface area contributed by atoms with E-state index in [9.17, 15) is 12.8 Å². The quantitative estimate of drug-likeness (QED) is 0.285. The Balaban J connectivity index is 1.17. The predicted octanol–water partition coefficient (Wildman–Crippen LogP) is 4.50. The number of aromatic nitrogens is 3. The fourth-order valence-corrected chi connectivity index (χ4v) is 6.05. The molecule has 0 unspecified atom stereocenters. The minimum atomic E-state index is -3.58. The van der Waals surface area contributed by atoms with Gasteiger partial charge < -0.3 is 16.0 Å². The lowest BCUT2D eigenvalue weighted by Crippen LogP contribution is -2.44. The number of thiazole rings is 1. The molecule has 0 saturated carbocycles. The number of hydrogen-bond donors (Lipinski definition) is 3. The van der Waals surface area contributed by atoms with E-state index in [2.05, 4.69) is 30.9 Å². The van der Waals surface area contributed by atoms with Gasteiger partial charge in [-0.15, -0.1) is 11.3 Å². The Morgan fingerprint density at radius 2 is 1.68 bits per heavy atom. The number of benzene rings is 2. The summed E-state index contributed by atoms with van der Waals surface area (Å²) < 4.78 is 41.0. The Bertz CT molecular complexity index is 1410. The van der Waals surface area contributed by atoms with Crippen LogP contribution >= 0.6 is 11.3 Å². The first-order chi connectivity index (χ1) is 18.0. The Hall–Kier alpha value is -3.45. The molecule has 1 fully saturated rings. The van der Waals surface area contributed by atoms with Gasteiger partial charge in [0.15, 0.2) is 0 Å². The van der Waals surface area contributed by atoms with Crippen molar-refractivity contribution in [1.82, 2.24) is 24.6 Å². The van der Waals surface area contributed by atoms with E-state index in [0.29, 0.717) is 36.2 Å². The first kappa shape index (κ1) is 25.2. The maximum absolute atomic E-state index is 13.2. The number of sulfonamides is 1. The molecule has 0 bridgehead atoms. The third kappa shape index (κ3) is 6.46. The van der Waals surface area contributed by atoms with Crippen molar-refractivity contribution in [2.45, 2.75) is 30.3 Å². The van der Waals surface area contributed by atoms with Gasteiger partial charge in [-0.05, 0) is 67.4 Å². The van der Waals surface area contributed by atoms with Crippen molar-refractivity contribution < 1.29 is 12.8 Å². The minimum Gasteiger partial charge on any atom is -0.340 e. The van der Waals surface area contributed by atoms with Gasteiger partial charge >= 0.3 is 0 Å². The molecule has 1 saturated heterocycles. The molecule has 1 aliphatic heterocycles. The van der Waals surface area contributed by atoms with Crippen LogP contribution in [0.4, 0.5) is 27.5 Å². The van der Waals surface area contributed by atoms with Crippen molar-refractivity contribution in [2.24, 2.45) is 0 Å². The van der Waals surface area contributed by atoms with Gasteiger partial charge in [0.05, 0.1) is 10.4 Å². The summed E-state index contributed by atoms with van der Waals surface area (Å²) in [5.41, 5.74) is 3.16. The van der Waals surface area contributed by atoms with Gasteiger partial charge in [0.25, 0.3) is 0 Å². The summed E-state index contributed by atoms with van der Waals surface area (Å²) in [7, 11) is -3.58. The predicted molar refractivity (Wildman–Crippen MR) is 142 cm³/mol. The molecule has 37 heavy (non-hydrogen) atoms. The Labute approximate surface area is 218 Å². The third-order valence-corrected chi connectivity index (χ3v) is 8.72. The number of anilines is 4. The standard InChI is InChI=1S/C25H26FN7O2S2/c26-18-1-3-20(4-2-18)30-24-9-12-28-25(32-24)31-21-5-7-23(8-6-21)37(34,35)33-13-10-19(11-14-33)29-16-22-15-27-17-36-22/h1-9,12,15,17,19,29H,10-11,13-14,16H2,(H2,28,30,31,32). The molecule has 3 N–H and O–H groups in total. The van der Waals surface area contributed by atoms with Gasteiger partial charge in [-0.3, -0.25) is 4.98 Å². The number of nitrogens with one attached hydrogen (secondary N) is 3. The molecule has 3 heterocycles. The average molecular weight is 540 g/mol. The topological polar surface area (TPSA) is 112 Å². The highest BCUT2D eigenvalue weighted by molar-refractivity contribution is 7.89. The van der Waals surface area contributed by atoms with Gasteiger partial charge in [-0.1, -0.05) is 0 Å². The number of hydrogen-bond acceptors (Lipinski definition) is 9. The van der Waals surface area contributed by atoms with E-state index in [-0.39, 0.29) is 16.8 Å². The second-order valence-electron chi connectivity index (χ2n) is 8.57. The minimum absolute atomic E-state index is 0.252. The lowest BCUT2D eigenvalue weighted by Gasteiger charge is -2.31. The molecule has 9 nitrogen and oxygen atoms in total. The molecule has 0 aliphatic carbocycles. The third-order valence-electron chi connectivity index (χ3n) is 6.02. The van der Waals surface area contributed by atoms with E-state index in [0.717, 1.165) is 19.4 Å². The van der Waals surface area contributed by atoms with Crippen LogP contribution < -0.4 is 16.0 Å². The highest BCUT2D eigenvalue weighted by Crippen LogP contribution is 2.24. The van der Waals surface area contributed by atoms with Crippen LogP contribution in [0.5, 0.6) is 0 Å². The maximum atomic E-state index is 13.2. The van der Waals surface area contributed by atoms with Crippen molar-refractivity contribution >= 4 is 44.5 Å². The van der Waals surface area contributed by atoms with Gasteiger partial charge in [0, 0.05) is 54.3 Å². The lowest BCUT2D eigenvalue weighted by atomic mass is 10.1. The normalized spacial score (nSPS) is 14.9. The van der Waals surface area contributed by atoms with Crippen LogP contribution in [0.15, 0.2) is 77.4 Å². The van der Waals surface area contributed by atoms with Crippen LogP contribution in [0, 0.1) is 5.82 Å². The first-order valence-corrected chi connectivity index (χ1v) is 14.1. The first-order valence-electron chi connectivity index (χ1n) is 11.8. The molecule has 12 heteroatoms. The monoisotopic (exact) mass is 539 g/mol. The van der Waals surface area contributed by atoms with Gasteiger partial charge in [-0.25, -0.2) is 17.8 Å². The largest absolute Gasteiger partial charge is 0.340 e. The molecular formula is C25H26FN7O2S2. The van der Waals surface area contributed by atoms with Gasteiger partial charge in [0.1, 0.15) is 11.6 Å². The highest BCUT2D eigenvalue weighted by Gasteiger charge is 2.29. The summed E-state index contributed by atoms with van der Waals surface area (Å²) in [6.45, 7) is 1.71.